The van der Waals surface area contributed by atoms with Crippen molar-refractivity contribution in [2.24, 2.45) is 11.8 Å². The standard InChI is InChI=1S/C16H24O5S/c1-14(2,3)19-12(17)20-15-5-10-4-11(6-15)8-16(7-10,9-15)21-13(18)22/h10-11H,4-9H2,1-3H3,(H,18,22). The number of carbonyl (C=O) groups is 2. The summed E-state index contributed by atoms with van der Waals surface area (Å²) >= 11 is 3.77. The highest BCUT2D eigenvalue weighted by molar-refractivity contribution is 7.96. The molecule has 4 fully saturated rings. The molecular weight excluding hydrogens is 304 g/mol. The third-order valence-electron chi connectivity index (χ3n) is 4.95. The minimum atomic E-state index is -0.623. The van der Waals surface area contributed by atoms with Crippen molar-refractivity contribution >= 4 is 24.1 Å². The Labute approximate surface area is 136 Å². The van der Waals surface area contributed by atoms with E-state index in [0.29, 0.717) is 18.3 Å². The number of carbonyl (C=O) groups excluding carboxylic acids is 2. The van der Waals surface area contributed by atoms with Crippen molar-refractivity contribution in [2.75, 3.05) is 0 Å². The van der Waals surface area contributed by atoms with E-state index in [2.05, 4.69) is 12.6 Å². The highest BCUT2D eigenvalue weighted by Crippen LogP contribution is 2.60. The average molecular weight is 328 g/mol. The van der Waals surface area contributed by atoms with Crippen LogP contribution in [0.15, 0.2) is 0 Å². The first kappa shape index (κ1) is 16.0. The summed E-state index contributed by atoms with van der Waals surface area (Å²) in [5.41, 5.74) is -1.63. The highest BCUT2D eigenvalue weighted by atomic mass is 32.1. The van der Waals surface area contributed by atoms with Gasteiger partial charge >= 0.3 is 11.5 Å². The molecular formula is C16H24O5S. The summed E-state index contributed by atoms with van der Waals surface area (Å²) in [6.07, 6.45) is 4.47. The molecule has 0 aromatic heterocycles. The first-order chi connectivity index (χ1) is 10.1. The quantitative estimate of drug-likeness (QED) is 0.611. The zero-order valence-corrected chi connectivity index (χ0v) is 14.3. The van der Waals surface area contributed by atoms with Crippen LogP contribution in [0.1, 0.15) is 59.3 Å². The Kier molecular flexibility index (Phi) is 3.66. The molecule has 4 aliphatic carbocycles. The molecule has 4 rings (SSSR count). The summed E-state index contributed by atoms with van der Waals surface area (Å²) in [6, 6.07) is 0. The molecule has 0 N–H and O–H groups in total. The van der Waals surface area contributed by atoms with E-state index in [1.807, 2.05) is 20.8 Å². The Morgan fingerprint density at radius 1 is 1.00 bits per heavy atom. The molecule has 5 nitrogen and oxygen atoms in total. The second-order valence-electron chi connectivity index (χ2n) is 8.26. The Bertz CT molecular complexity index is 481. The topological polar surface area (TPSA) is 61.8 Å². The lowest BCUT2D eigenvalue weighted by Crippen LogP contribution is -2.61. The molecule has 0 aliphatic heterocycles. The lowest BCUT2D eigenvalue weighted by molar-refractivity contribution is -0.205. The van der Waals surface area contributed by atoms with Crippen molar-refractivity contribution in [3.05, 3.63) is 0 Å². The van der Waals surface area contributed by atoms with Crippen molar-refractivity contribution in [2.45, 2.75) is 76.1 Å². The molecule has 22 heavy (non-hydrogen) atoms. The number of thiol groups is 1. The van der Waals surface area contributed by atoms with Gasteiger partial charge in [-0.25, -0.2) is 9.59 Å². The van der Waals surface area contributed by atoms with Gasteiger partial charge < -0.3 is 14.2 Å². The van der Waals surface area contributed by atoms with E-state index in [-0.39, 0.29) is 0 Å². The van der Waals surface area contributed by atoms with Crippen LogP contribution in [-0.2, 0) is 14.2 Å². The second-order valence-corrected chi connectivity index (χ2v) is 8.63. The Balaban J connectivity index is 1.76. The molecule has 6 heteroatoms. The van der Waals surface area contributed by atoms with Crippen LogP contribution in [-0.4, -0.2) is 28.3 Å². The summed E-state index contributed by atoms with van der Waals surface area (Å²) in [4.78, 5) is 23.5. The maximum absolute atomic E-state index is 12.1. The number of hydrogen-bond acceptors (Lipinski definition) is 5. The molecule has 0 aromatic carbocycles. The molecule has 2 unspecified atom stereocenters. The lowest BCUT2D eigenvalue weighted by atomic mass is 9.52. The Morgan fingerprint density at radius 3 is 1.95 bits per heavy atom. The molecule has 4 bridgehead atoms. The molecule has 2 atom stereocenters. The molecule has 0 spiro atoms. The van der Waals surface area contributed by atoms with Gasteiger partial charge in [-0.3, -0.25) is 0 Å². The Morgan fingerprint density at radius 2 is 1.50 bits per heavy atom. The smallest absolute Gasteiger partial charge is 0.451 e. The number of rotatable bonds is 2. The molecule has 4 aliphatic rings. The molecule has 0 amide bonds. The minimum Gasteiger partial charge on any atom is -0.451 e. The summed E-state index contributed by atoms with van der Waals surface area (Å²) < 4.78 is 16.6. The van der Waals surface area contributed by atoms with E-state index in [9.17, 15) is 9.59 Å². The molecule has 0 saturated heterocycles. The van der Waals surface area contributed by atoms with E-state index in [1.54, 1.807) is 0 Å². The van der Waals surface area contributed by atoms with Gasteiger partial charge in [-0.05, 0) is 64.7 Å². The van der Waals surface area contributed by atoms with Crippen LogP contribution in [0.5, 0.6) is 0 Å². The second kappa shape index (κ2) is 5.05. The van der Waals surface area contributed by atoms with E-state index >= 15 is 0 Å². The van der Waals surface area contributed by atoms with Gasteiger partial charge in [0.25, 0.3) is 0 Å². The first-order valence-electron chi connectivity index (χ1n) is 7.93. The van der Waals surface area contributed by atoms with Gasteiger partial charge in [0.1, 0.15) is 16.8 Å². The molecule has 0 radical (unpaired) electrons. The van der Waals surface area contributed by atoms with Gasteiger partial charge in [0.05, 0.1) is 0 Å². The van der Waals surface area contributed by atoms with E-state index in [0.717, 1.165) is 32.1 Å². The molecule has 124 valence electrons. The van der Waals surface area contributed by atoms with Crippen LogP contribution in [0.2, 0.25) is 0 Å². The zero-order chi connectivity index (χ0) is 16.2. The maximum atomic E-state index is 12.1. The molecule has 0 heterocycles. The Hall–Kier alpha value is -0.910. The molecule has 4 saturated carbocycles. The average Bonchev–Trinajstić information content (AvgIpc) is 2.19. The number of hydrogen-bond donors (Lipinski definition) is 1. The fourth-order valence-electron chi connectivity index (χ4n) is 4.97. The van der Waals surface area contributed by atoms with Gasteiger partial charge in [-0.2, -0.15) is 0 Å². The van der Waals surface area contributed by atoms with Crippen LogP contribution in [0.4, 0.5) is 9.59 Å². The fraction of sp³-hybridized carbons (Fsp3) is 0.875. The third-order valence-corrected chi connectivity index (χ3v) is 5.04. The summed E-state index contributed by atoms with van der Waals surface area (Å²) in [6.45, 7) is 5.45. The van der Waals surface area contributed by atoms with Crippen molar-refractivity contribution in [1.82, 2.24) is 0 Å². The van der Waals surface area contributed by atoms with Gasteiger partial charge in [-0.1, -0.05) is 12.6 Å². The zero-order valence-electron chi connectivity index (χ0n) is 13.4. The first-order valence-corrected chi connectivity index (χ1v) is 8.37. The summed E-state index contributed by atoms with van der Waals surface area (Å²) in [5, 5.41) is -0.547. The van der Waals surface area contributed by atoms with Crippen LogP contribution in [0, 0.1) is 11.8 Å². The monoisotopic (exact) mass is 328 g/mol. The predicted molar refractivity (Wildman–Crippen MR) is 82.9 cm³/mol. The van der Waals surface area contributed by atoms with Crippen LogP contribution >= 0.6 is 12.6 Å². The summed E-state index contributed by atoms with van der Waals surface area (Å²) in [7, 11) is 0. The molecule has 0 aromatic rings. The normalized spacial score (nSPS) is 39.5. The SMILES string of the molecule is CC(C)(C)OC(=O)OC12CC3CC(CC(OC(=O)S)(C3)C1)C2. The third kappa shape index (κ3) is 3.21. The van der Waals surface area contributed by atoms with Crippen LogP contribution in [0.3, 0.4) is 0 Å². The van der Waals surface area contributed by atoms with Gasteiger partial charge in [0.15, 0.2) is 0 Å². The van der Waals surface area contributed by atoms with Crippen molar-refractivity contribution in [1.29, 1.82) is 0 Å². The van der Waals surface area contributed by atoms with E-state index in [4.69, 9.17) is 14.2 Å². The summed E-state index contributed by atoms with van der Waals surface area (Å²) in [5.74, 6) is 0.882. The van der Waals surface area contributed by atoms with Gasteiger partial charge in [0.2, 0.25) is 0 Å². The highest BCUT2D eigenvalue weighted by Gasteiger charge is 2.61. The number of ether oxygens (including phenoxy) is 3. The van der Waals surface area contributed by atoms with Gasteiger partial charge in [0, 0.05) is 6.42 Å². The largest absolute Gasteiger partial charge is 0.509 e. The van der Waals surface area contributed by atoms with Crippen LogP contribution in [0.25, 0.3) is 0 Å². The van der Waals surface area contributed by atoms with Crippen molar-refractivity contribution in [3.63, 3.8) is 0 Å². The van der Waals surface area contributed by atoms with E-state index < -0.39 is 28.3 Å². The minimum absolute atomic E-state index is 0.441. The van der Waals surface area contributed by atoms with Crippen LogP contribution < -0.4 is 0 Å². The predicted octanol–water partition coefficient (Wildman–Crippen LogP) is 4.10. The van der Waals surface area contributed by atoms with E-state index in [1.165, 1.54) is 0 Å². The maximum Gasteiger partial charge on any atom is 0.509 e. The van der Waals surface area contributed by atoms with Gasteiger partial charge in [-0.15, -0.1) is 0 Å². The van der Waals surface area contributed by atoms with Crippen molar-refractivity contribution < 1.29 is 23.8 Å². The van der Waals surface area contributed by atoms with Crippen molar-refractivity contribution in [3.8, 4) is 0 Å². The lowest BCUT2D eigenvalue weighted by Gasteiger charge is -2.59. The fourth-order valence-corrected chi connectivity index (χ4v) is 5.16.